The standard InChI is InChI=1S/C84H121ClFN17O23/c1-56(2)45-67(99-75(110)53-124-44-42-122-39-36-90-74(109)52-123-43-41-121-38-35-89-70(105)32-29-65(82(116)117)98-72(107)33-30-66(83(118)119)97-71(106)20-15-13-11-9-7-5-3-4-6-8-10-12-14-16-21-76(111)112)81(115)100-68(50-104)79(113)92-49-73(108)96-64(19-17-18-34-87)80(114)95-59-25-22-57(23-26-59)51-126-84(120)94-55-125-40-37-102-54-93-77(58-24-27-62(86)61(85)46-58)78(102)63-28-31-69-91-48-60(47-88)103(69)101-63/h22-28,31,46,48,54,56,64-68,104H,3-21,29-30,32-45,49-53,55,87H2,1-2H3,(H,89,105)(H,90,109)(H,92,113)(H,94,120)(H,95,114)(H,96,108)(H,97,106)(H,98,107)(H,99,110)(H,100,115)(H,111,112)(H,116,117)(H,118,119)/t64-,65+,66+,67-,68-/m0/s1. The van der Waals surface area contributed by atoms with Gasteiger partial charge in [0.1, 0.15) is 74.3 Å². The third kappa shape index (κ3) is 43.0. The number of aliphatic hydroxyl groups excluding tert-OH is 1. The summed E-state index contributed by atoms with van der Waals surface area (Å²) >= 11 is 6.12. The first kappa shape index (κ1) is 105. The molecule has 0 spiro atoms. The van der Waals surface area contributed by atoms with E-state index in [4.69, 9.17) is 50.9 Å². The van der Waals surface area contributed by atoms with E-state index >= 15 is 0 Å². The van der Waals surface area contributed by atoms with Crippen LogP contribution in [0.5, 0.6) is 0 Å². The van der Waals surface area contributed by atoms with Gasteiger partial charge in [0.05, 0.1) is 88.3 Å². The minimum absolute atomic E-state index is 0.0270. The van der Waals surface area contributed by atoms with Crippen LogP contribution in [0, 0.1) is 23.1 Å². The van der Waals surface area contributed by atoms with Gasteiger partial charge in [-0.2, -0.15) is 10.4 Å². The lowest BCUT2D eigenvalue weighted by Crippen LogP contribution is -2.56. The maximum atomic E-state index is 14.1. The van der Waals surface area contributed by atoms with Gasteiger partial charge < -0.3 is 107 Å². The number of hydrogen-bond acceptors (Lipinski definition) is 25. The Morgan fingerprint density at radius 2 is 1.12 bits per heavy atom. The number of carboxylic acid groups (broad SMARTS) is 3. The van der Waals surface area contributed by atoms with Gasteiger partial charge in [-0.15, -0.1) is 0 Å². The predicted molar refractivity (Wildman–Crippen MR) is 455 cm³/mol. The summed E-state index contributed by atoms with van der Waals surface area (Å²) in [6, 6.07) is 9.34. The van der Waals surface area contributed by atoms with Crippen molar-refractivity contribution in [3.63, 3.8) is 0 Å². The van der Waals surface area contributed by atoms with Crippen LogP contribution in [0.1, 0.15) is 179 Å². The maximum absolute atomic E-state index is 14.1. The van der Waals surface area contributed by atoms with Crippen LogP contribution >= 0.6 is 11.6 Å². The van der Waals surface area contributed by atoms with Gasteiger partial charge in [-0.25, -0.2) is 33.3 Å². The normalized spacial score (nSPS) is 12.3. The van der Waals surface area contributed by atoms with Crippen molar-refractivity contribution in [2.24, 2.45) is 11.7 Å². The number of aromatic nitrogens is 5. The first-order chi connectivity index (χ1) is 60.7. The number of halogens is 2. The summed E-state index contributed by atoms with van der Waals surface area (Å²) in [7, 11) is 0. The summed E-state index contributed by atoms with van der Waals surface area (Å²) in [6.45, 7) is 1.86. The van der Waals surface area contributed by atoms with Crippen LogP contribution in [-0.4, -0.2) is 251 Å². The highest BCUT2D eigenvalue weighted by Gasteiger charge is 2.30. The maximum Gasteiger partial charge on any atom is 0.409 e. The SMILES string of the molecule is CC(C)C[C@H](NC(=O)COCCOCCNC(=O)COCCOCCNC(=O)CC[C@@H](NC(=O)CC[C@@H](NC(=O)CCCCCCCCCCCCCCCCC(=O)O)C(=O)O)C(=O)O)C(=O)N[C@@H](CO)C(=O)NCC(=O)N[C@@H](CCCCN)C(=O)Nc1ccc(COC(=O)NCOCCn2cnc(-c3ccc(F)c(Cl)c3)c2-c2ccc3ncc(C#N)n3n2)cc1. The Balaban J connectivity index is 0.870. The zero-order valence-electron chi connectivity index (χ0n) is 71.4. The molecule has 42 heteroatoms. The summed E-state index contributed by atoms with van der Waals surface area (Å²) in [6.07, 6.45) is 16.8. The number of carboxylic acids is 3. The van der Waals surface area contributed by atoms with Crippen LogP contribution in [0.4, 0.5) is 14.9 Å². The van der Waals surface area contributed by atoms with E-state index in [1.54, 1.807) is 61.1 Å². The number of nitrogens with zero attached hydrogens (tertiary/aromatic N) is 6. The van der Waals surface area contributed by atoms with E-state index in [-0.39, 0.29) is 154 Å². The van der Waals surface area contributed by atoms with Gasteiger partial charge in [0.15, 0.2) is 11.3 Å². The van der Waals surface area contributed by atoms with Gasteiger partial charge in [0, 0.05) is 56.6 Å². The topological polar surface area (TPSA) is 576 Å². The van der Waals surface area contributed by atoms with Crippen LogP contribution in [-0.2, 0) is 99.1 Å². The first-order valence-electron chi connectivity index (χ1n) is 42.4. The van der Waals surface area contributed by atoms with Crippen molar-refractivity contribution < 1.29 is 116 Å². The van der Waals surface area contributed by atoms with E-state index in [1.165, 1.54) is 41.8 Å². The number of aliphatic hydroxyl groups is 1. The number of amides is 10. The molecule has 0 unspecified atom stereocenters. The molecule has 5 aromatic rings. The van der Waals surface area contributed by atoms with Crippen LogP contribution in [0.2, 0.25) is 5.02 Å². The fourth-order valence-corrected chi connectivity index (χ4v) is 12.8. The molecule has 0 aliphatic heterocycles. The van der Waals surface area contributed by atoms with Crippen LogP contribution in [0.15, 0.2) is 67.1 Å². The van der Waals surface area contributed by atoms with Crippen LogP contribution in [0.3, 0.4) is 0 Å². The molecule has 16 N–H and O–H groups in total. The molecule has 0 aliphatic carbocycles. The fourth-order valence-electron chi connectivity index (χ4n) is 12.6. The Kier molecular flexibility index (Phi) is 51.0. The number of carbonyl (C=O) groups excluding carboxylic acids is 10. The monoisotopic (exact) mass is 1790 g/mol. The minimum Gasteiger partial charge on any atom is -0.481 e. The van der Waals surface area contributed by atoms with Crippen molar-refractivity contribution in [1.29, 1.82) is 5.26 Å². The average Bonchev–Trinajstić information content (AvgIpc) is 1.62. The Morgan fingerprint density at radius 3 is 1.71 bits per heavy atom. The molecule has 0 bridgehead atoms. The molecule has 0 radical (unpaired) electrons. The molecule has 0 fully saturated rings. The van der Waals surface area contributed by atoms with Crippen molar-refractivity contribution in [2.75, 3.05) is 104 Å². The lowest BCUT2D eigenvalue weighted by molar-refractivity contribution is -0.143. The molecule has 126 heavy (non-hydrogen) atoms. The van der Waals surface area contributed by atoms with Crippen molar-refractivity contribution in [3.8, 4) is 28.7 Å². The largest absolute Gasteiger partial charge is 0.481 e. The number of rotatable bonds is 68. The smallest absolute Gasteiger partial charge is 0.409 e. The Hall–Kier alpha value is -11.4. The third-order valence-corrected chi connectivity index (χ3v) is 19.6. The number of imidazole rings is 2. The number of carbonyl (C=O) groups is 13. The van der Waals surface area contributed by atoms with Crippen molar-refractivity contribution in [1.82, 2.24) is 72.0 Å². The van der Waals surface area contributed by atoms with E-state index in [1.807, 2.05) is 0 Å². The number of hydrogen-bond donors (Lipinski definition) is 15. The van der Waals surface area contributed by atoms with Gasteiger partial charge >= 0.3 is 24.0 Å². The Labute approximate surface area is 734 Å². The number of nitriles is 1. The number of fused-ring (bicyclic) bond motifs is 1. The number of ether oxygens (including phenoxy) is 6. The van der Waals surface area contributed by atoms with Crippen molar-refractivity contribution in [3.05, 3.63) is 89.2 Å². The van der Waals surface area contributed by atoms with E-state index in [9.17, 15) is 87.3 Å². The van der Waals surface area contributed by atoms with Crippen LogP contribution < -0.4 is 58.9 Å². The minimum atomic E-state index is -1.56. The molecule has 2 aromatic carbocycles. The fraction of sp³-hybridized carbons (Fsp3) is 0.583. The molecular weight excluding hydrogens is 1670 g/mol. The van der Waals surface area contributed by atoms with Gasteiger partial charge in [-0.1, -0.05) is 115 Å². The average molecular weight is 1790 g/mol. The summed E-state index contributed by atoms with van der Waals surface area (Å²) < 4.78 is 49.9. The lowest BCUT2D eigenvalue weighted by Gasteiger charge is -2.23. The number of nitrogens with one attached hydrogen (secondary N) is 10. The molecule has 5 rings (SSSR count). The number of anilines is 1. The molecule has 0 aliphatic rings. The van der Waals surface area contributed by atoms with E-state index < -0.39 is 133 Å². The van der Waals surface area contributed by atoms with E-state index in [2.05, 4.69) is 74.3 Å². The molecule has 694 valence electrons. The highest BCUT2D eigenvalue weighted by atomic mass is 35.5. The lowest BCUT2D eigenvalue weighted by atomic mass is 10.0. The Morgan fingerprint density at radius 1 is 0.548 bits per heavy atom. The number of nitrogens with two attached hydrogens (primary N) is 1. The van der Waals surface area contributed by atoms with Gasteiger partial charge in [0.2, 0.25) is 53.2 Å². The summed E-state index contributed by atoms with van der Waals surface area (Å²) in [5.74, 6) is -10.2. The number of alkyl carbamates (subject to hydrolysis) is 1. The summed E-state index contributed by atoms with van der Waals surface area (Å²) in [5.41, 5.74) is 9.11. The second kappa shape index (κ2) is 61.1. The van der Waals surface area contributed by atoms with Gasteiger partial charge in [0.25, 0.3) is 0 Å². The van der Waals surface area contributed by atoms with Crippen LogP contribution in [0.25, 0.3) is 28.3 Å². The molecular formula is C84H121ClFN17O23. The molecule has 3 heterocycles. The molecule has 5 atom stereocenters. The highest BCUT2D eigenvalue weighted by molar-refractivity contribution is 6.31. The third-order valence-electron chi connectivity index (χ3n) is 19.3. The second-order valence-electron chi connectivity index (χ2n) is 30.0. The number of aliphatic carboxylic acids is 3. The van der Waals surface area contributed by atoms with Gasteiger partial charge in [-0.05, 0) is 112 Å². The molecule has 3 aromatic heterocycles. The first-order valence-corrected chi connectivity index (χ1v) is 42.8. The van der Waals surface area contributed by atoms with E-state index in [0.29, 0.717) is 65.4 Å². The zero-order valence-corrected chi connectivity index (χ0v) is 72.1. The summed E-state index contributed by atoms with van der Waals surface area (Å²) in [5, 5.41) is 77.4. The molecule has 40 nitrogen and oxygen atoms in total. The number of benzene rings is 2. The quantitative estimate of drug-likeness (QED) is 0.0183. The molecule has 10 amide bonds. The number of unbranched alkanes of at least 4 members (excludes halogenated alkanes) is 14. The highest BCUT2D eigenvalue weighted by Crippen LogP contribution is 2.33. The van der Waals surface area contributed by atoms with Crippen molar-refractivity contribution in [2.45, 2.75) is 211 Å². The molecule has 0 saturated heterocycles. The van der Waals surface area contributed by atoms with E-state index in [0.717, 1.165) is 70.6 Å². The van der Waals surface area contributed by atoms with Crippen molar-refractivity contribution >= 4 is 100 Å². The molecule has 0 saturated carbocycles. The van der Waals surface area contributed by atoms with Gasteiger partial charge in [-0.3, -0.25) is 53.3 Å². The Bertz CT molecular complexity index is 4300. The zero-order chi connectivity index (χ0) is 91.8. The summed E-state index contributed by atoms with van der Waals surface area (Å²) in [4.78, 5) is 172. The second-order valence-corrected chi connectivity index (χ2v) is 30.4. The predicted octanol–water partition coefficient (Wildman–Crippen LogP) is 4.83.